The summed E-state index contributed by atoms with van der Waals surface area (Å²) in [6, 6.07) is 0.401. The Kier molecular flexibility index (Phi) is 6.45. The summed E-state index contributed by atoms with van der Waals surface area (Å²) in [4.78, 5) is 0. The lowest BCUT2D eigenvalue weighted by atomic mass is 9.81. The molecule has 17 heavy (non-hydrogen) atoms. The average molecular weight is 243 g/mol. The molecule has 0 radical (unpaired) electrons. The summed E-state index contributed by atoms with van der Waals surface area (Å²) in [6.45, 7) is 12.3. The van der Waals surface area contributed by atoms with Gasteiger partial charge >= 0.3 is 0 Å². The molecular formula is C14H29NO2. The first-order chi connectivity index (χ1) is 8.18. The Morgan fingerprint density at radius 1 is 1.41 bits per heavy atom. The standard InChI is InChI=1S/C14H29NO2/c1-5-14(4,17-7-3)13(15-6-2)12-9-8-10-16-11-12/h12-13,15H,5-11H2,1-4H3. The molecule has 1 aliphatic rings. The number of hydrogen-bond donors (Lipinski definition) is 1. The fraction of sp³-hybridized carbons (Fsp3) is 1.00. The molecule has 1 rings (SSSR count). The maximum absolute atomic E-state index is 6.03. The van der Waals surface area contributed by atoms with Crippen LogP contribution >= 0.6 is 0 Å². The van der Waals surface area contributed by atoms with Crippen molar-refractivity contribution in [2.75, 3.05) is 26.4 Å². The second-order valence-corrected chi connectivity index (χ2v) is 5.11. The third kappa shape index (κ3) is 3.94. The monoisotopic (exact) mass is 243 g/mol. The first-order valence-corrected chi connectivity index (χ1v) is 7.13. The lowest BCUT2D eigenvalue weighted by Crippen LogP contribution is -2.56. The molecule has 102 valence electrons. The van der Waals surface area contributed by atoms with Crippen molar-refractivity contribution in [1.29, 1.82) is 0 Å². The molecule has 0 bridgehead atoms. The molecule has 3 nitrogen and oxygen atoms in total. The smallest absolute Gasteiger partial charge is 0.0807 e. The molecule has 3 heteroatoms. The summed E-state index contributed by atoms with van der Waals surface area (Å²) in [5.74, 6) is 0.584. The lowest BCUT2D eigenvalue weighted by Gasteiger charge is -2.43. The first-order valence-electron chi connectivity index (χ1n) is 7.13. The van der Waals surface area contributed by atoms with Crippen LogP contribution in [0.3, 0.4) is 0 Å². The predicted octanol–water partition coefficient (Wildman–Crippen LogP) is 2.60. The molecular weight excluding hydrogens is 214 g/mol. The highest BCUT2D eigenvalue weighted by Gasteiger charge is 2.38. The van der Waals surface area contributed by atoms with Crippen LogP contribution in [-0.2, 0) is 9.47 Å². The van der Waals surface area contributed by atoms with Gasteiger partial charge in [0.05, 0.1) is 12.2 Å². The highest BCUT2D eigenvalue weighted by Crippen LogP contribution is 2.30. The Morgan fingerprint density at radius 2 is 2.18 bits per heavy atom. The summed E-state index contributed by atoms with van der Waals surface area (Å²) < 4.78 is 11.7. The molecule has 3 unspecified atom stereocenters. The van der Waals surface area contributed by atoms with E-state index in [2.05, 4.69) is 33.0 Å². The van der Waals surface area contributed by atoms with E-state index in [-0.39, 0.29) is 5.60 Å². The summed E-state index contributed by atoms with van der Waals surface area (Å²) >= 11 is 0. The number of ether oxygens (including phenoxy) is 2. The van der Waals surface area contributed by atoms with Crippen molar-refractivity contribution in [3.05, 3.63) is 0 Å². The molecule has 1 fully saturated rings. The molecule has 1 aliphatic heterocycles. The normalized spacial score (nSPS) is 26.5. The maximum Gasteiger partial charge on any atom is 0.0807 e. The first kappa shape index (κ1) is 14.9. The van der Waals surface area contributed by atoms with Gasteiger partial charge in [-0.3, -0.25) is 0 Å². The molecule has 0 aliphatic carbocycles. The van der Waals surface area contributed by atoms with Crippen molar-refractivity contribution in [3.63, 3.8) is 0 Å². The molecule has 0 saturated carbocycles. The largest absolute Gasteiger partial charge is 0.381 e. The Bertz CT molecular complexity index is 204. The van der Waals surface area contributed by atoms with Gasteiger partial charge in [-0.05, 0) is 39.7 Å². The van der Waals surface area contributed by atoms with E-state index in [1.54, 1.807) is 0 Å². The van der Waals surface area contributed by atoms with Crippen LogP contribution in [0.4, 0.5) is 0 Å². The minimum absolute atomic E-state index is 0.0733. The quantitative estimate of drug-likeness (QED) is 0.745. The molecule has 3 atom stereocenters. The number of hydrogen-bond acceptors (Lipinski definition) is 3. The lowest BCUT2D eigenvalue weighted by molar-refractivity contribution is -0.0871. The molecule has 1 saturated heterocycles. The van der Waals surface area contributed by atoms with E-state index in [1.807, 2.05) is 0 Å². The van der Waals surface area contributed by atoms with Gasteiger partial charge in [-0.15, -0.1) is 0 Å². The van der Waals surface area contributed by atoms with Gasteiger partial charge in [-0.2, -0.15) is 0 Å². The minimum atomic E-state index is -0.0733. The third-order valence-corrected chi connectivity index (χ3v) is 3.92. The average Bonchev–Trinajstić information content (AvgIpc) is 2.37. The molecule has 0 aromatic rings. The maximum atomic E-state index is 6.03. The van der Waals surface area contributed by atoms with E-state index in [9.17, 15) is 0 Å². The van der Waals surface area contributed by atoms with Gasteiger partial charge in [0.15, 0.2) is 0 Å². The topological polar surface area (TPSA) is 30.5 Å². The molecule has 0 aromatic heterocycles. The van der Waals surface area contributed by atoms with Crippen molar-refractivity contribution in [2.45, 2.75) is 58.6 Å². The van der Waals surface area contributed by atoms with Gasteiger partial charge in [0.2, 0.25) is 0 Å². The summed E-state index contributed by atoms with van der Waals surface area (Å²) in [7, 11) is 0. The van der Waals surface area contributed by atoms with Gasteiger partial charge in [0, 0.05) is 25.2 Å². The van der Waals surface area contributed by atoms with Crippen LogP contribution in [0.5, 0.6) is 0 Å². The van der Waals surface area contributed by atoms with Gasteiger partial charge in [0.25, 0.3) is 0 Å². The number of rotatable bonds is 7. The van der Waals surface area contributed by atoms with Crippen molar-refractivity contribution in [3.8, 4) is 0 Å². The van der Waals surface area contributed by atoms with Crippen LogP contribution in [0.1, 0.15) is 47.0 Å². The van der Waals surface area contributed by atoms with Crippen LogP contribution in [0.15, 0.2) is 0 Å². The summed E-state index contributed by atoms with van der Waals surface area (Å²) in [6.07, 6.45) is 3.47. The van der Waals surface area contributed by atoms with Gasteiger partial charge in [-0.1, -0.05) is 13.8 Å². The predicted molar refractivity (Wildman–Crippen MR) is 71.3 cm³/mol. The second kappa shape index (κ2) is 7.34. The van der Waals surface area contributed by atoms with E-state index < -0.39 is 0 Å². The zero-order valence-corrected chi connectivity index (χ0v) is 11.9. The van der Waals surface area contributed by atoms with Crippen LogP contribution in [0.25, 0.3) is 0 Å². The van der Waals surface area contributed by atoms with E-state index in [4.69, 9.17) is 9.47 Å². The van der Waals surface area contributed by atoms with Crippen molar-refractivity contribution >= 4 is 0 Å². The van der Waals surface area contributed by atoms with E-state index in [0.29, 0.717) is 12.0 Å². The zero-order valence-electron chi connectivity index (χ0n) is 11.9. The highest BCUT2D eigenvalue weighted by molar-refractivity contribution is 4.94. The SMILES string of the molecule is CCNC(C1CCCOC1)C(C)(CC)OCC. The minimum Gasteiger partial charge on any atom is -0.381 e. The third-order valence-electron chi connectivity index (χ3n) is 3.92. The van der Waals surface area contributed by atoms with E-state index in [0.717, 1.165) is 32.8 Å². The second-order valence-electron chi connectivity index (χ2n) is 5.11. The van der Waals surface area contributed by atoms with E-state index >= 15 is 0 Å². The van der Waals surface area contributed by atoms with E-state index in [1.165, 1.54) is 12.8 Å². The number of nitrogens with one attached hydrogen (secondary N) is 1. The Morgan fingerprint density at radius 3 is 2.65 bits per heavy atom. The molecule has 1 heterocycles. The van der Waals surface area contributed by atoms with Crippen molar-refractivity contribution in [1.82, 2.24) is 5.32 Å². The molecule has 1 N–H and O–H groups in total. The molecule has 0 aromatic carbocycles. The fourth-order valence-corrected chi connectivity index (χ4v) is 2.87. The molecule has 0 spiro atoms. The Labute approximate surface area is 106 Å². The highest BCUT2D eigenvalue weighted by atomic mass is 16.5. The number of likely N-dealkylation sites (N-methyl/N-ethyl adjacent to an activating group) is 1. The van der Waals surface area contributed by atoms with Crippen LogP contribution in [0, 0.1) is 5.92 Å². The Balaban J connectivity index is 2.73. The van der Waals surface area contributed by atoms with Crippen LogP contribution < -0.4 is 5.32 Å². The fourth-order valence-electron chi connectivity index (χ4n) is 2.87. The summed E-state index contributed by atoms with van der Waals surface area (Å²) in [5, 5.41) is 3.62. The van der Waals surface area contributed by atoms with Gasteiger partial charge < -0.3 is 14.8 Å². The van der Waals surface area contributed by atoms with Crippen LogP contribution in [0.2, 0.25) is 0 Å². The van der Waals surface area contributed by atoms with Gasteiger partial charge in [0.1, 0.15) is 0 Å². The van der Waals surface area contributed by atoms with Gasteiger partial charge in [-0.25, -0.2) is 0 Å². The van der Waals surface area contributed by atoms with Crippen molar-refractivity contribution in [2.24, 2.45) is 5.92 Å². The Hall–Kier alpha value is -0.120. The zero-order chi connectivity index (χ0) is 12.7. The summed E-state index contributed by atoms with van der Waals surface area (Å²) in [5.41, 5.74) is -0.0733. The van der Waals surface area contributed by atoms with Crippen LogP contribution in [-0.4, -0.2) is 38.0 Å². The van der Waals surface area contributed by atoms with Crippen molar-refractivity contribution < 1.29 is 9.47 Å². The molecule has 0 amide bonds.